The van der Waals surface area contributed by atoms with Gasteiger partial charge in [-0.05, 0) is 61.3 Å². The lowest BCUT2D eigenvalue weighted by atomic mass is 10.1. The highest BCUT2D eigenvalue weighted by atomic mass is 79.9. The molecule has 0 radical (unpaired) electrons. The molecule has 0 aromatic heterocycles. The van der Waals surface area contributed by atoms with Gasteiger partial charge in [0, 0.05) is 35.7 Å². The Morgan fingerprint density at radius 1 is 1.12 bits per heavy atom. The highest BCUT2D eigenvalue weighted by Gasteiger charge is 2.32. The molecule has 26 heavy (non-hydrogen) atoms. The SMILES string of the molecule is O=C(c1cccc(COc2ccc(Br)cc2)c1)N1CCN2CCCC2C1. The number of ether oxygens (including phenoxy) is 1. The summed E-state index contributed by atoms with van der Waals surface area (Å²) >= 11 is 3.42. The van der Waals surface area contributed by atoms with E-state index in [-0.39, 0.29) is 5.91 Å². The van der Waals surface area contributed by atoms with Crippen molar-refractivity contribution in [3.05, 3.63) is 64.1 Å². The number of halogens is 1. The molecule has 1 amide bonds. The third-order valence-corrected chi connectivity index (χ3v) is 5.80. The van der Waals surface area contributed by atoms with Crippen LogP contribution < -0.4 is 4.74 Å². The Kier molecular flexibility index (Phi) is 5.27. The highest BCUT2D eigenvalue weighted by molar-refractivity contribution is 9.10. The van der Waals surface area contributed by atoms with Gasteiger partial charge in [0.1, 0.15) is 12.4 Å². The number of piperazine rings is 1. The van der Waals surface area contributed by atoms with Crippen molar-refractivity contribution >= 4 is 21.8 Å². The van der Waals surface area contributed by atoms with Crippen molar-refractivity contribution < 1.29 is 9.53 Å². The zero-order chi connectivity index (χ0) is 17.9. The first kappa shape index (κ1) is 17.6. The lowest BCUT2D eigenvalue weighted by Crippen LogP contribution is -2.52. The summed E-state index contributed by atoms with van der Waals surface area (Å²) in [4.78, 5) is 17.4. The number of hydrogen-bond donors (Lipinski definition) is 0. The second-order valence-electron chi connectivity index (χ2n) is 7.03. The molecule has 5 heteroatoms. The molecule has 0 N–H and O–H groups in total. The second kappa shape index (κ2) is 7.80. The van der Waals surface area contributed by atoms with Crippen molar-refractivity contribution in [3.63, 3.8) is 0 Å². The summed E-state index contributed by atoms with van der Waals surface area (Å²) in [6.45, 7) is 4.34. The largest absolute Gasteiger partial charge is 0.489 e. The standard InChI is InChI=1S/C21H23BrN2O2/c22-18-6-8-20(9-7-18)26-15-16-3-1-4-17(13-16)21(25)24-12-11-23-10-2-5-19(23)14-24/h1,3-4,6-9,13,19H,2,5,10-12,14-15H2. The number of nitrogens with zero attached hydrogens (tertiary/aromatic N) is 2. The van der Waals surface area contributed by atoms with Crippen molar-refractivity contribution in [2.75, 3.05) is 26.2 Å². The maximum Gasteiger partial charge on any atom is 0.253 e. The van der Waals surface area contributed by atoms with E-state index in [1.807, 2.05) is 53.4 Å². The van der Waals surface area contributed by atoms with E-state index in [1.54, 1.807) is 0 Å². The van der Waals surface area contributed by atoms with Gasteiger partial charge in [-0.3, -0.25) is 9.69 Å². The van der Waals surface area contributed by atoms with Crippen LogP contribution in [0.15, 0.2) is 53.0 Å². The lowest BCUT2D eigenvalue weighted by Gasteiger charge is -2.37. The molecule has 2 heterocycles. The quantitative estimate of drug-likeness (QED) is 0.758. The van der Waals surface area contributed by atoms with Crippen LogP contribution >= 0.6 is 15.9 Å². The van der Waals surface area contributed by atoms with Crippen LogP contribution in [0.2, 0.25) is 0 Å². The normalized spacial score (nSPS) is 20.0. The minimum Gasteiger partial charge on any atom is -0.489 e. The van der Waals surface area contributed by atoms with Crippen LogP contribution in [0.4, 0.5) is 0 Å². The van der Waals surface area contributed by atoms with Gasteiger partial charge in [0.2, 0.25) is 0 Å². The van der Waals surface area contributed by atoms with Crippen molar-refractivity contribution in [3.8, 4) is 5.75 Å². The first-order chi connectivity index (χ1) is 12.7. The van der Waals surface area contributed by atoms with E-state index in [0.717, 1.165) is 41.0 Å². The molecule has 1 unspecified atom stereocenters. The first-order valence-corrected chi connectivity index (χ1v) is 9.99. The molecule has 0 aliphatic carbocycles. The van der Waals surface area contributed by atoms with Crippen LogP contribution in [0.3, 0.4) is 0 Å². The summed E-state index contributed by atoms with van der Waals surface area (Å²) < 4.78 is 6.86. The summed E-state index contributed by atoms with van der Waals surface area (Å²) in [5.41, 5.74) is 1.77. The van der Waals surface area contributed by atoms with E-state index >= 15 is 0 Å². The van der Waals surface area contributed by atoms with Gasteiger partial charge in [-0.1, -0.05) is 28.1 Å². The molecule has 1 atom stereocenters. The van der Waals surface area contributed by atoms with E-state index in [2.05, 4.69) is 20.8 Å². The fraction of sp³-hybridized carbons (Fsp3) is 0.381. The van der Waals surface area contributed by atoms with Crippen LogP contribution in [0, 0.1) is 0 Å². The summed E-state index contributed by atoms with van der Waals surface area (Å²) in [6.07, 6.45) is 2.47. The number of carbonyl (C=O) groups excluding carboxylic acids is 1. The number of fused-ring (bicyclic) bond motifs is 1. The lowest BCUT2D eigenvalue weighted by molar-refractivity contribution is 0.0571. The van der Waals surface area contributed by atoms with Gasteiger partial charge in [0.05, 0.1) is 0 Å². The van der Waals surface area contributed by atoms with Crippen molar-refractivity contribution in [1.29, 1.82) is 0 Å². The Morgan fingerprint density at radius 2 is 1.96 bits per heavy atom. The van der Waals surface area contributed by atoms with E-state index in [0.29, 0.717) is 12.6 Å². The Hall–Kier alpha value is -1.85. The zero-order valence-electron chi connectivity index (χ0n) is 14.7. The molecule has 2 aromatic carbocycles. The minimum atomic E-state index is 0.141. The molecule has 136 valence electrons. The Balaban J connectivity index is 1.40. The molecule has 2 aromatic rings. The van der Waals surface area contributed by atoms with Gasteiger partial charge in [-0.25, -0.2) is 0 Å². The van der Waals surface area contributed by atoms with Gasteiger partial charge in [0.25, 0.3) is 5.91 Å². The van der Waals surface area contributed by atoms with E-state index in [1.165, 1.54) is 19.4 Å². The predicted molar refractivity (Wildman–Crippen MR) is 105 cm³/mol. The molecule has 2 aliphatic heterocycles. The van der Waals surface area contributed by atoms with Crippen molar-refractivity contribution in [2.45, 2.75) is 25.5 Å². The summed E-state index contributed by atoms with van der Waals surface area (Å²) in [7, 11) is 0. The molecular formula is C21H23BrN2O2. The molecule has 0 saturated carbocycles. The van der Waals surface area contributed by atoms with Crippen molar-refractivity contribution in [2.24, 2.45) is 0 Å². The molecule has 2 fully saturated rings. The van der Waals surface area contributed by atoms with Crippen LogP contribution in [0.5, 0.6) is 5.75 Å². The van der Waals surface area contributed by atoms with Gasteiger partial charge >= 0.3 is 0 Å². The van der Waals surface area contributed by atoms with Crippen LogP contribution in [0.25, 0.3) is 0 Å². The molecule has 4 nitrogen and oxygen atoms in total. The number of carbonyl (C=O) groups is 1. The fourth-order valence-electron chi connectivity index (χ4n) is 3.85. The molecule has 4 rings (SSSR count). The number of rotatable bonds is 4. The third-order valence-electron chi connectivity index (χ3n) is 5.27. The Bertz CT molecular complexity index is 778. The maximum absolute atomic E-state index is 12.9. The van der Waals surface area contributed by atoms with Gasteiger partial charge in [0.15, 0.2) is 0 Å². The van der Waals surface area contributed by atoms with Gasteiger partial charge in [-0.15, -0.1) is 0 Å². The molecule has 2 aliphatic rings. The minimum absolute atomic E-state index is 0.141. The number of hydrogen-bond acceptors (Lipinski definition) is 3. The van der Waals surface area contributed by atoms with Crippen molar-refractivity contribution in [1.82, 2.24) is 9.80 Å². The molecule has 2 saturated heterocycles. The van der Waals surface area contributed by atoms with Crippen LogP contribution in [-0.4, -0.2) is 47.9 Å². The Morgan fingerprint density at radius 3 is 2.81 bits per heavy atom. The van der Waals surface area contributed by atoms with Crippen LogP contribution in [0.1, 0.15) is 28.8 Å². The molecule has 0 spiro atoms. The average molecular weight is 415 g/mol. The van der Waals surface area contributed by atoms with E-state index < -0.39 is 0 Å². The van der Waals surface area contributed by atoms with Gasteiger partial charge in [-0.2, -0.15) is 0 Å². The third kappa shape index (κ3) is 3.94. The fourth-order valence-corrected chi connectivity index (χ4v) is 4.11. The molecule has 0 bridgehead atoms. The van der Waals surface area contributed by atoms with Crippen LogP contribution in [-0.2, 0) is 6.61 Å². The smallest absolute Gasteiger partial charge is 0.253 e. The van der Waals surface area contributed by atoms with Gasteiger partial charge < -0.3 is 9.64 Å². The zero-order valence-corrected chi connectivity index (χ0v) is 16.3. The summed E-state index contributed by atoms with van der Waals surface area (Å²) in [6, 6.07) is 16.1. The average Bonchev–Trinajstić information content (AvgIpc) is 3.15. The molecular weight excluding hydrogens is 392 g/mol. The predicted octanol–water partition coefficient (Wildman–Crippen LogP) is 3.95. The number of amides is 1. The Labute approximate surface area is 162 Å². The monoisotopic (exact) mass is 414 g/mol. The van der Waals surface area contributed by atoms with E-state index in [9.17, 15) is 4.79 Å². The summed E-state index contributed by atoms with van der Waals surface area (Å²) in [5, 5.41) is 0. The number of benzene rings is 2. The highest BCUT2D eigenvalue weighted by Crippen LogP contribution is 2.23. The summed E-state index contributed by atoms with van der Waals surface area (Å²) in [5.74, 6) is 0.962. The topological polar surface area (TPSA) is 32.8 Å². The first-order valence-electron chi connectivity index (χ1n) is 9.20. The maximum atomic E-state index is 12.9. The second-order valence-corrected chi connectivity index (χ2v) is 7.94. The van der Waals surface area contributed by atoms with E-state index in [4.69, 9.17) is 4.74 Å².